The fourth-order valence-corrected chi connectivity index (χ4v) is 8.88. The molecule has 0 amide bonds. The molecule has 0 radical (unpaired) electrons. The number of rotatable bonds is 10. The smallest absolute Gasteiger partial charge is 0.303 e. The second-order valence-electron chi connectivity index (χ2n) is 22.8. The topological polar surface area (TPSA) is 130 Å². The third kappa shape index (κ3) is 13.8. The van der Waals surface area contributed by atoms with Crippen molar-refractivity contribution in [3.8, 4) is 23.0 Å². The molecule has 10 nitrogen and oxygen atoms in total. The van der Waals surface area contributed by atoms with Crippen LogP contribution in [0.25, 0.3) is 0 Å². The average Bonchev–Trinajstić information content (AvgIpc) is 3.22. The highest BCUT2D eigenvalue weighted by atomic mass is 16.6. The van der Waals surface area contributed by atoms with E-state index in [0.717, 1.165) is 78.6 Å². The van der Waals surface area contributed by atoms with Gasteiger partial charge in [-0.05, 0) is 101 Å². The molecule has 1 heterocycles. The molecule has 0 saturated heterocycles. The van der Waals surface area contributed by atoms with E-state index in [-0.39, 0.29) is 47.7 Å². The van der Waals surface area contributed by atoms with Crippen LogP contribution in [0.15, 0.2) is 48.5 Å². The minimum absolute atomic E-state index is 0.0119. The Hall–Kier alpha value is -5.06. The van der Waals surface area contributed by atoms with Gasteiger partial charge in [0.25, 0.3) is 0 Å². The molecule has 370 valence electrons. The molecule has 6 rings (SSSR count). The molecule has 10 bridgehead atoms. The molecule has 0 unspecified atom stereocenters. The SMILES string of the molecule is CC(C)(C)c1cc2c(OCCCC(=O)O)c(c1)Cc1cc(C(C)(C)C)cc3c1OCCOCCOCCOc1c(cc(C(C)(C)C)cc1C3)Cc1cc(C(C)(C)C)cc(c1OCCCC(=O)O)C2. The molecule has 0 aromatic heterocycles. The minimum atomic E-state index is -0.866. The van der Waals surface area contributed by atoms with E-state index in [1.165, 1.54) is 11.1 Å². The van der Waals surface area contributed by atoms with Crippen molar-refractivity contribution in [2.75, 3.05) is 52.9 Å². The van der Waals surface area contributed by atoms with Crippen LogP contribution in [0.2, 0.25) is 0 Å². The maximum absolute atomic E-state index is 11.8. The third-order valence-electron chi connectivity index (χ3n) is 12.8. The Balaban J connectivity index is 1.77. The van der Waals surface area contributed by atoms with Crippen LogP contribution in [-0.2, 0) is 66.4 Å². The first-order valence-corrected chi connectivity index (χ1v) is 24.6. The van der Waals surface area contributed by atoms with Crippen LogP contribution in [0.1, 0.15) is 176 Å². The van der Waals surface area contributed by atoms with Gasteiger partial charge in [0.1, 0.15) is 36.2 Å². The van der Waals surface area contributed by atoms with Crippen molar-refractivity contribution in [1.82, 2.24) is 0 Å². The largest absolute Gasteiger partial charge is 0.493 e. The highest BCUT2D eigenvalue weighted by molar-refractivity contribution is 5.67. The first-order valence-electron chi connectivity index (χ1n) is 24.6. The van der Waals surface area contributed by atoms with Crippen molar-refractivity contribution in [2.45, 2.75) is 156 Å². The third-order valence-corrected chi connectivity index (χ3v) is 12.8. The van der Waals surface area contributed by atoms with Crippen LogP contribution in [0.4, 0.5) is 0 Å². The van der Waals surface area contributed by atoms with Gasteiger partial charge in [0.2, 0.25) is 0 Å². The Bertz CT molecular complexity index is 2250. The predicted octanol–water partition coefficient (Wildman–Crippen LogP) is 11.8. The molecule has 4 aromatic carbocycles. The fraction of sp³-hybridized carbons (Fsp3) is 0.552. The van der Waals surface area contributed by atoms with E-state index < -0.39 is 11.9 Å². The summed E-state index contributed by atoms with van der Waals surface area (Å²) in [6.07, 6.45) is 2.60. The standard InChI is InChI=1S/C58H78O10/c1-55(2,3)45-29-37-25-38-30-46(56(4,5)6)32-40(52(38)66-18-14-16-50(61)62)27-42-34-48(58(10,11)12)36-44-28-43-35-47(57(7,8)9)33-41(26-39(31-45)51(37)65-17-13-15-49(59)60)53(43)67-23-21-63-19-20-64-22-24-68-54(42)44/h29-36H,13-28H2,1-12H3,(H,59,60)(H,61,62). The van der Waals surface area contributed by atoms with E-state index in [2.05, 4.69) is 132 Å². The number of hydrogen-bond donors (Lipinski definition) is 2. The Morgan fingerprint density at radius 1 is 0.426 bits per heavy atom. The van der Waals surface area contributed by atoms with Gasteiger partial charge in [-0.1, -0.05) is 132 Å². The Labute approximate surface area is 406 Å². The zero-order valence-corrected chi connectivity index (χ0v) is 43.1. The van der Waals surface area contributed by atoms with Gasteiger partial charge in [-0.15, -0.1) is 0 Å². The molecule has 0 spiro atoms. The lowest BCUT2D eigenvalue weighted by Gasteiger charge is -2.29. The van der Waals surface area contributed by atoms with Crippen molar-refractivity contribution in [3.63, 3.8) is 0 Å². The van der Waals surface area contributed by atoms with Gasteiger partial charge in [-0.25, -0.2) is 0 Å². The minimum Gasteiger partial charge on any atom is -0.493 e. The van der Waals surface area contributed by atoms with Crippen LogP contribution in [0.5, 0.6) is 23.0 Å². The van der Waals surface area contributed by atoms with Crippen LogP contribution >= 0.6 is 0 Å². The molecule has 10 heteroatoms. The lowest BCUT2D eigenvalue weighted by Crippen LogP contribution is -2.18. The molecule has 2 aliphatic rings. The molecule has 1 aliphatic heterocycles. The van der Waals surface area contributed by atoms with E-state index in [4.69, 9.17) is 28.4 Å². The number of carboxylic acid groups (broad SMARTS) is 2. The average molecular weight is 935 g/mol. The van der Waals surface area contributed by atoms with E-state index >= 15 is 0 Å². The Kier molecular flexibility index (Phi) is 16.7. The quantitative estimate of drug-likeness (QED) is 0.131. The predicted molar refractivity (Wildman–Crippen MR) is 269 cm³/mol. The molecule has 0 atom stereocenters. The van der Waals surface area contributed by atoms with Crippen molar-refractivity contribution in [2.24, 2.45) is 0 Å². The van der Waals surface area contributed by atoms with Crippen molar-refractivity contribution in [1.29, 1.82) is 0 Å². The summed E-state index contributed by atoms with van der Waals surface area (Å²) >= 11 is 0. The second kappa shape index (κ2) is 21.7. The summed E-state index contributed by atoms with van der Waals surface area (Å²) < 4.78 is 39.7. The lowest BCUT2D eigenvalue weighted by atomic mass is 9.79. The second-order valence-corrected chi connectivity index (χ2v) is 22.8. The normalized spacial score (nSPS) is 15.2. The van der Waals surface area contributed by atoms with Gasteiger partial charge in [-0.3, -0.25) is 9.59 Å². The van der Waals surface area contributed by atoms with Gasteiger partial charge < -0.3 is 38.6 Å². The summed E-state index contributed by atoms with van der Waals surface area (Å²) in [5, 5.41) is 19.3. The maximum atomic E-state index is 11.8. The lowest BCUT2D eigenvalue weighted by molar-refractivity contribution is -0.138. The van der Waals surface area contributed by atoms with Crippen LogP contribution in [0, 0.1) is 0 Å². The maximum Gasteiger partial charge on any atom is 0.303 e. The Morgan fingerprint density at radius 3 is 0.956 bits per heavy atom. The molecule has 2 N–H and O–H groups in total. The highest BCUT2D eigenvalue weighted by Gasteiger charge is 2.30. The summed E-state index contributed by atoms with van der Waals surface area (Å²) in [6, 6.07) is 18.2. The van der Waals surface area contributed by atoms with Gasteiger partial charge in [0.05, 0.1) is 39.6 Å². The van der Waals surface area contributed by atoms with Gasteiger partial charge >= 0.3 is 11.9 Å². The zero-order valence-electron chi connectivity index (χ0n) is 43.1. The van der Waals surface area contributed by atoms with E-state index in [9.17, 15) is 19.8 Å². The summed E-state index contributed by atoms with van der Waals surface area (Å²) in [4.78, 5) is 23.5. The first kappa shape index (κ1) is 52.3. The number of fused-ring (bicyclic) bond motifs is 4. The monoisotopic (exact) mass is 935 g/mol. The van der Waals surface area contributed by atoms with Crippen LogP contribution < -0.4 is 18.9 Å². The number of aliphatic carboxylic acids is 2. The summed E-state index contributed by atoms with van der Waals surface area (Å²) in [5.74, 6) is 1.33. The number of carboxylic acids is 2. The molecule has 0 fully saturated rings. The first-order chi connectivity index (χ1) is 31.9. The number of carbonyl (C=O) groups is 2. The molecular formula is C58H78O10. The number of benzene rings is 4. The molecule has 1 aliphatic carbocycles. The van der Waals surface area contributed by atoms with E-state index in [1.807, 2.05) is 0 Å². The van der Waals surface area contributed by atoms with E-state index in [0.29, 0.717) is 78.2 Å². The molecule has 4 aromatic rings. The van der Waals surface area contributed by atoms with Gasteiger partial charge in [0.15, 0.2) is 0 Å². The van der Waals surface area contributed by atoms with Gasteiger partial charge in [0, 0.05) is 38.5 Å². The highest BCUT2D eigenvalue weighted by Crippen LogP contribution is 2.44. The zero-order chi connectivity index (χ0) is 49.6. The molecule has 68 heavy (non-hydrogen) atoms. The summed E-state index contributed by atoms with van der Waals surface area (Å²) in [7, 11) is 0. The van der Waals surface area contributed by atoms with Crippen LogP contribution in [-0.4, -0.2) is 75.0 Å². The van der Waals surface area contributed by atoms with Gasteiger partial charge in [-0.2, -0.15) is 0 Å². The number of hydrogen-bond acceptors (Lipinski definition) is 8. The van der Waals surface area contributed by atoms with Crippen LogP contribution in [0.3, 0.4) is 0 Å². The van der Waals surface area contributed by atoms with E-state index in [1.54, 1.807) is 0 Å². The fourth-order valence-electron chi connectivity index (χ4n) is 8.88. The molecule has 0 saturated carbocycles. The summed E-state index contributed by atoms with van der Waals surface area (Å²) in [6.45, 7) is 29.6. The Morgan fingerprint density at radius 2 is 0.676 bits per heavy atom. The van der Waals surface area contributed by atoms with Crippen molar-refractivity contribution >= 4 is 11.9 Å². The number of ether oxygens (including phenoxy) is 6. The van der Waals surface area contributed by atoms with Crippen molar-refractivity contribution in [3.05, 3.63) is 115 Å². The summed E-state index contributed by atoms with van der Waals surface area (Å²) in [5.41, 5.74) is 11.8. The molecular weight excluding hydrogens is 857 g/mol. The van der Waals surface area contributed by atoms with Crippen molar-refractivity contribution < 1.29 is 48.2 Å².